The molecule has 0 bridgehead atoms. The molecular weight excluding hydrogens is 432 g/mol. The molecule has 1 amide bonds. The summed E-state index contributed by atoms with van der Waals surface area (Å²) in [5.41, 5.74) is 1.80. The van der Waals surface area contributed by atoms with Crippen LogP contribution in [-0.4, -0.2) is 67.7 Å². The van der Waals surface area contributed by atoms with Gasteiger partial charge in [0.2, 0.25) is 0 Å². The Balaban J connectivity index is 1.80. The Morgan fingerprint density at radius 2 is 1.97 bits per heavy atom. The lowest BCUT2D eigenvalue weighted by Gasteiger charge is -2.44. The van der Waals surface area contributed by atoms with Crippen molar-refractivity contribution in [3.8, 4) is 0 Å². The van der Waals surface area contributed by atoms with Crippen LogP contribution in [0.5, 0.6) is 0 Å². The Bertz CT molecular complexity index is 925. The summed E-state index contributed by atoms with van der Waals surface area (Å²) in [4.78, 5) is 32.2. The average Bonchev–Trinajstić information content (AvgIpc) is 2.81. The van der Waals surface area contributed by atoms with Crippen molar-refractivity contribution in [2.24, 2.45) is 5.92 Å². The second kappa shape index (κ2) is 11.9. The SMILES string of the molecule is COC(=O)C[C@H]1CN(Cc2ccccc2)[Si](C)CN1C(=O)c1cccnc1NCCC(C)C. The van der Waals surface area contributed by atoms with Gasteiger partial charge in [-0.2, -0.15) is 0 Å². The van der Waals surface area contributed by atoms with Crippen molar-refractivity contribution < 1.29 is 14.3 Å². The molecule has 7 nitrogen and oxygen atoms in total. The quantitative estimate of drug-likeness (QED) is 0.449. The van der Waals surface area contributed by atoms with Gasteiger partial charge < -0.3 is 19.5 Å². The zero-order valence-corrected chi connectivity index (χ0v) is 21.1. The first-order valence-electron chi connectivity index (χ1n) is 11.6. The maximum atomic E-state index is 13.7. The summed E-state index contributed by atoms with van der Waals surface area (Å²) in [5.74, 6) is 0.794. The number of amides is 1. The molecule has 1 atom stereocenters. The van der Waals surface area contributed by atoms with E-state index in [0.717, 1.165) is 19.5 Å². The van der Waals surface area contributed by atoms with Gasteiger partial charge in [0, 0.05) is 32.0 Å². The monoisotopic (exact) mass is 467 g/mol. The van der Waals surface area contributed by atoms with Crippen molar-refractivity contribution in [2.45, 2.75) is 45.8 Å². The number of hydrogen-bond donors (Lipinski definition) is 1. The minimum Gasteiger partial charge on any atom is -0.469 e. The molecule has 2 heterocycles. The first-order chi connectivity index (χ1) is 15.9. The summed E-state index contributed by atoms with van der Waals surface area (Å²) in [7, 11) is 0.397. The topological polar surface area (TPSA) is 74.8 Å². The number of esters is 1. The lowest BCUT2D eigenvalue weighted by molar-refractivity contribution is -0.141. The third kappa shape index (κ3) is 6.88. The molecule has 1 fully saturated rings. The highest BCUT2D eigenvalue weighted by Crippen LogP contribution is 2.23. The van der Waals surface area contributed by atoms with Crippen LogP contribution in [0.25, 0.3) is 0 Å². The summed E-state index contributed by atoms with van der Waals surface area (Å²) in [6.45, 7) is 8.80. The van der Waals surface area contributed by atoms with E-state index in [4.69, 9.17) is 4.74 Å². The van der Waals surface area contributed by atoms with Crippen LogP contribution in [0, 0.1) is 5.92 Å². The molecule has 1 saturated heterocycles. The number of pyridine rings is 1. The molecule has 1 aliphatic heterocycles. The van der Waals surface area contributed by atoms with E-state index in [1.54, 1.807) is 12.3 Å². The van der Waals surface area contributed by atoms with Gasteiger partial charge in [-0.3, -0.25) is 9.59 Å². The fourth-order valence-corrected chi connectivity index (χ4v) is 6.10. The number of anilines is 1. The van der Waals surface area contributed by atoms with E-state index in [1.807, 2.05) is 29.2 Å². The molecular formula is C25H35N4O3Si. The Morgan fingerprint density at radius 3 is 2.67 bits per heavy atom. The number of benzene rings is 1. The predicted molar refractivity (Wildman–Crippen MR) is 132 cm³/mol. The molecule has 0 aliphatic carbocycles. The normalized spacial score (nSPS) is 17.2. The van der Waals surface area contributed by atoms with Crippen molar-refractivity contribution in [1.29, 1.82) is 0 Å². The van der Waals surface area contributed by atoms with Crippen LogP contribution < -0.4 is 5.32 Å². The standard InChI is InChI=1S/C25H35N4O3Si/c1-19(2)12-14-27-24-22(11-8-13-26-24)25(31)29-18-33(4)28(16-20-9-6-5-7-10-20)17-21(29)15-23(30)32-3/h5-11,13,19,21H,12,14-18H2,1-4H3,(H,26,27)/t21-/m0/s1. The Hall–Kier alpha value is -2.71. The van der Waals surface area contributed by atoms with Gasteiger partial charge >= 0.3 is 5.97 Å². The number of methoxy groups -OCH3 is 1. The highest BCUT2D eigenvalue weighted by atomic mass is 28.3. The minimum absolute atomic E-state index is 0.0761. The molecule has 0 unspecified atom stereocenters. The molecule has 1 radical (unpaired) electrons. The zero-order chi connectivity index (χ0) is 23.8. The van der Waals surface area contributed by atoms with Crippen molar-refractivity contribution >= 4 is 26.7 Å². The van der Waals surface area contributed by atoms with E-state index in [0.29, 0.717) is 30.0 Å². The van der Waals surface area contributed by atoms with Crippen molar-refractivity contribution in [2.75, 3.05) is 31.7 Å². The maximum absolute atomic E-state index is 13.7. The van der Waals surface area contributed by atoms with E-state index >= 15 is 0 Å². The van der Waals surface area contributed by atoms with Crippen LogP contribution in [0.3, 0.4) is 0 Å². The van der Waals surface area contributed by atoms with Gasteiger partial charge in [-0.1, -0.05) is 50.7 Å². The molecule has 0 saturated carbocycles. The largest absolute Gasteiger partial charge is 0.469 e. The van der Waals surface area contributed by atoms with Gasteiger partial charge in [-0.05, 0) is 30.0 Å². The smallest absolute Gasteiger partial charge is 0.307 e. The molecule has 0 spiro atoms. The van der Waals surface area contributed by atoms with Crippen LogP contribution in [0.2, 0.25) is 6.55 Å². The molecule has 2 aromatic rings. The number of aromatic nitrogens is 1. The van der Waals surface area contributed by atoms with E-state index in [1.165, 1.54) is 12.7 Å². The van der Waals surface area contributed by atoms with Crippen LogP contribution in [0.4, 0.5) is 5.82 Å². The van der Waals surface area contributed by atoms with Crippen LogP contribution >= 0.6 is 0 Å². The van der Waals surface area contributed by atoms with Gasteiger partial charge in [0.05, 0.1) is 25.1 Å². The molecule has 33 heavy (non-hydrogen) atoms. The van der Waals surface area contributed by atoms with Crippen molar-refractivity contribution in [1.82, 2.24) is 14.4 Å². The maximum Gasteiger partial charge on any atom is 0.307 e. The van der Waals surface area contributed by atoms with Crippen LogP contribution in [-0.2, 0) is 16.1 Å². The molecule has 1 N–H and O–H groups in total. The van der Waals surface area contributed by atoms with Crippen molar-refractivity contribution in [3.63, 3.8) is 0 Å². The van der Waals surface area contributed by atoms with E-state index in [2.05, 4.69) is 47.4 Å². The second-order valence-electron chi connectivity index (χ2n) is 8.98. The fraction of sp³-hybridized carbons (Fsp3) is 0.480. The summed E-state index contributed by atoms with van der Waals surface area (Å²) in [6.07, 6.45) is 3.51. The summed E-state index contributed by atoms with van der Waals surface area (Å²) in [6, 6.07) is 13.7. The summed E-state index contributed by atoms with van der Waals surface area (Å²) in [5, 5.41) is 3.33. The third-order valence-electron chi connectivity index (χ3n) is 5.97. The lowest BCUT2D eigenvalue weighted by Crippen LogP contribution is -2.61. The predicted octanol–water partition coefficient (Wildman–Crippen LogP) is 3.59. The van der Waals surface area contributed by atoms with Gasteiger partial charge in [-0.25, -0.2) is 4.98 Å². The number of hydrogen-bond acceptors (Lipinski definition) is 6. The molecule has 3 rings (SSSR count). The second-order valence-corrected chi connectivity index (χ2v) is 11.4. The molecule has 1 aliphatic rings. The molecule has 8 heteroatoms. The van der Waals surface area contributed by atoms with Crippen LogP contribution in [0.15, 0.2) is 48.7 Å². The summed E-state index contributed by atoms with van der Waals surface area (Å²) < 4.78 is 7.39. The fourth-order valence-electron chi connectivity index (χ4n) is 4.03. The van der Waals surface area contributed by atoms with E-state index < -0.39 is 8.96 Å². The van der Waals surface area contributed by atoms with E-state index in [9.17, 15) is 9.59 Å². The highest BCUT2D eigenvalue weighted by molar-refractivity contribution is 6.55. The van der Waals surface area contributed by atoms with Gasteiger partial charge in [0.25, 0.3) is 5.91 Å². The number of nitrogens with one attached hydrogen (secondary N) is 1. The number of nitrogens with zero attached hydrogens (tertiary/aromatic N) is 3. The summed E-state index contributed by atoms with van der Waals surface area (Å²) >= 11 is 0. The Kier molecular flexibility index (Phi) is 9.02. The Labute approximate surface area is 198 Å². The highest BCUT2D eigenvalue weighted by Gasteiger charge is 2.37. The number of rotatable bonds is 9. The minimum atomic E-state index is -0.998. The van der Waals surface area contributed by atoms with Gasteiger partial charge in [0.15, 0.2) is 8.96 Å². The Morgan fingerprint density at radius 1 is 1.21 bits per heavy atom. The first-order valence-corrected chi connectivity index (χ1v) is 13.7. The molecule has 177 valence electrons. The van der Waals surface area contributed by atoms with Gasteiger partial charge in [0.1, 0.15) is 5.82 Å². The molecule has 1 aromatic heterocycles. The zero-order valence-electron chi connectivity index (χ0n) is 20.1. The van der Waals surface area contributed by atoms with Crippen LogP contribution in [0.1, 0.15) is 42.6 Å². The number of carbonyl (C=O) groups excluding carboxylic acids is 2. The first kappa shape index (κ1) is 24.9. The lowest BCUT2D eigenvalue weighted by atomic mass is 10.1. The van der Waals surface area contributed by atoms with Gasteiger partial charge in [-0.15, -0.1) is 0 Å². The van der Waals surface area contributed by atoms with Crippen molar-refractivity contribution in [3.05, 3.63) is 59.8 Å². The number of carbonyl (C=O) groups is 2. The number of ether oxygens (including phenoxy) is 1. The average molecular weight is 468 g/mol. The third-order valence-corrected chi connectivity index (χ3v) is 8.19. The molecule has 1 aromatic carbocycles. The van der Waals surface area contributed by atoms with E-state index in [-0.39, 0.29) is 24.3 Å².